The van der Waals surface area contributed by atoms with Crippen molar-refractivity contribution in [3.63, 3.8) is 0 Å². The Morgan fingerprint density at radius 2 is 2.17 bits per heavy atom. The van der Waals surface area contributed by atoms with Crippen LogP contribution in [0.5, 0.6) is 0 Å². The lowest BCUT2D eigenvalue weighted by molar-refractivity contribution is 0.407. The molecule has 1 unspecified atom stereocenters. The van der Waals surface area contributed by atoms with E-state index < -0.39 is 9.84 Å². The molecule has 0 amide bonds. The Morgan fingerprint density at radius 1 is 1.35 bits per heavy atom. The van der Waals surface area contributed by atoms with E-state index in [2.05, 4.69) is 24.9 Å². The number of rotatable bonds is 5. The van der Waals surface area contributed by atoms with Crippen LogP contribution >= 0.6 is 11.5 Å². The molecule has 3 heterocycles. The number of sulfone groups is 1. The molecule has 10 heteroatoms. The molecule has 1 fully saturated rings. The van der Waals surface area contributed by atoms with E-state index in [1.165, 1.54) is 30.6 Å². The molecule has 4 rings (SSSR count). The number of hydrogen-bond donors (Lipinski definition) is 1. The highest BCUT2D eigenvalue weighted by molar-refractivity contribution is 7.90. The predicted octanol–water partition coefficient (Wildman–Crippen LogP) is 0.753. The lowest BCUT2D eigenvalue weighted by Crippen LogP contribution is -2.35. The van der Waals surface area contributed by atoms with E-state index in [1.807, 2.05) is 4.57 Å². The molecule has 0 aromatic carbocycles. The smallest absolute Gasteiger partial charge is 0.194 e. The van der Waals surface area contributed by atoms with Gasteiger partial charge in [0, 0.05) is 25.3 Å². The third-order valence-corrected chi connectivity index (χ3v) is 5.87. The summed E-state index contributed by atoms with van der Waals surface area (Å²) >= 11 is 1.37. The highest BCUT2D eigenvalue weighted by atomic mass is 32.2. The average Bonchev–Trinajstić information content (AvgIpc) is 3.08. The SMILES string of the molecule is CS(=O)(=O)CCC1NCCn2c(-c3nc(C4CC4)ns3)nnc21. The molecule has 2 aliphatic rings. The molecule has 1 saturated carbocycles. The summed E-state index contributed by atoms with van der Waals surface area (Å²) in [6.45, 7) is 1.52. The zero-order valence-corrected chi connectivity index (χ0v) is 14.4. The van der Waals surface area contributed by atoms with Gasteiger partial charge in [0.05, 0.1) is 11.8 Å². The molecule has 2 aromatic rings. The molecule has 0 spiro atoms. The van der Waals surface area contributed by atoms with Crippen LogP contribution in [0.3, 0.4) is 0 Å². The molecule has 8 nitrogen and oxygen atoms in total. The van der Waals surface area contributed by atoms with Gasteiger partial charge in [0.15, 0.2) is 16.7 Å². The van der Waals surface area contributed by atoms with E-state index >= 15 is 0 Å². The van der Waals surface area contributed by atoms with Crippen molar-refractivity contribution in [3.8, 4) is 10.8 Å². The second kappa shape index (κ2) is 5.60. The molecule has 23 heavy (non-hydrogen) atoms. The second-order valence-corrected chi connectivity index (χ2v) is 9.20. The summed E-state index contributed by atoms with van der Waals surface area (Å²) in [5, 5.41) is 12.7. The molecule has 1 aliphatic carbocycles. The maximum atomic E-state index is 11.4. The van der Waals surface area contributed by atoms with Gasteiger partial charge in [-0.1, -0.05) is 0 Å². The van der Waals surface area contributed by atoms with Crippen molar-refractivity contribution in [1.29, 1.82) is 0 Å². The summed E-state index contributed by atoms with van der Waals surface area (Å²) in [4.78, 5) is 4.60. The number of aromatic nitrogens is 5. The van der Waals surface area contributed by atoms with Gasteiger partial charge in [-0.2, -0.15) is 4.37 Å². The number of fused-ring (bicyclic) bond motifs is 1. The topological polar surface area (TPSA) is 103 Å². The van der Waals surface area contributed by atoms with Gasteiger partial charge < -0.3 is 9.88 Å². The summed E-state index contributed by atoms with van der Waals surface area (Å²) in [7, 11) is -2.99. The van der Waals surface area contributed by atoms with E-state index in [9.17, 15) is 8.42 Å². The summed E-state index contributed by atoms with van der Waals surface area (Å²) in [6, 6.07) is -0.0875. The van der Waals surface area contributed by atoms with Crippen LogP contribution in [0.1, 0.15) is 42.9 Å². The third-order valence-electron chi connectivity index (χ3n) is 4.17. The van der Waals surface area contributed by atoms with Crippen LogP contribution in [0.25, 0.3) is 10.8 Å². The van der Waals surface area contributed by atoms with Crippen LogP contribution in [0.15, 0.2) is 0 Å². The fourth-order valence-electron chi connectivity index (χ4n) is 2.79. The van der Waals surface area contributed by atoms with E-state index in [1.54, 1.807) is 0 Å². The Morgan fingerprint density at radius 3 is 2.91 bits per heavy atom. The summed E-state index contributed by atoms with van der Waals surface area (Å²) in [5.74, 6) is 3.11. The van der Waals surface area contributed by atoms with E-state index in [-0.39, 0.29) is 11.8 Å². The maximum Gasteiger partial charge on any atom is 0.194 e. The zero-order chi connectivity index (χ0) is 16.0. The van der Waals surface area contributed by atoms with Crippen molar-refractivity contribution >= 4 is 21.4 Å². The van der Waals surface area contributed by atoms with E-state index in [4.69, 9.17) is 0 Å². The quantitative estimate of drug-likeness (QED) is 0.845. The fraction of sp³-hybridized carbons (Fsp3) is 0.692. The maximum absolute atomic E-state index is 11.4. The Bertz CT molecular complexity index is 823. The van der Waals surface area contributed by atoms with Crippen LogP contribution < -0.4 is 5.32 Å². The first-order chi connectivity index (χ1) is 11.0. The van der Waals surface area contributed by atoms with Gasteiger partial charge in [-0.05, 0) is 30.8 Å². The molecule has 0 radical (unpaired) electrons. The predicted molar refractivity (Wildman–Crippen MR) is 86.0 cm³/mol. The number of nitrogens with zero attached hydrogens (tertiary/aromatic N) is 5. The molecular weight excluding hydrogens is 336 g/mol. The van der Waals surface area contributed by atoms with Crippen LogP contribution in [0.2, 0.25) is 0 Å². The lowest BCUT2D eigenvalue weighted by Gasteiger charge is -2.24. The van der Waals surface area contributed by atoms with Crippen molar-refractivity contribution in [2.75, 3.05) is 18.6 Å². The monoisotopic (exact) mass is 354 g/mol. The normalized spacial score (nSPS) is 21.3. The highest BCUT2D eigenvalue weighted by Crippen LogP contribution is 2.39. The Balaban J connectivity index is 1.60. The first kappa shape index (κ1) is 15.2. The standard InChI is InChI=1S/C13H18N6O2S2/c1-23(20,21)7-4-9-11-16-17-12(19(11)6-5-14-9)13-15-10(18-22-13)8-2-3-8/h8-9,14H,2-7H2,1H3. The van der Waals surface area contributed by atoms with Gasteiger partial charge in [-0.15, -0.1) is 10.2 Å². The minimum atomic E-state index is -2.99. The van der Waals surface area contributed by atoms with Crippen molar-refractivity contribution in [2.24, 2.45) is 0 Å². The minimum absolute atomic E-state index is 0.0875. The number of hydrogen-bond acceptors (Lipinski definition) is 8. The summed E-state index contributed by atoms with van der Waals surface area (Å²) in [6.07, 6.45) is 4.10. The molecule has 1 atom stereocenters. The molecule has 1 aliphatic heterocycles. The summed E-state index contributed by atoms with van der Waals surface area (Å²) in [5.41, 5.74) is 0. The molecule has 0 saturated heterocycles. The molecule has 124 valence electrons. The van der Waals surface area contributed by atoms with Crippen LogP contribution in [-0.2, 0) is 16.4 Å². The summed E-state index contributed by atoms with van der Waals surface area (Å²) < 4.78 is 29.3. The van der Waals surface area contributed by atoms with Gasteiger partial charge in [0.25, 0.3) is 0 Å². The van der Waals surface area contributed by atoms with Gasteiger partial charge >= 0.3 is 0 Å². The Hall–Kier alpha value is -1.39. The minimum Gasteiger partial charge on any atom is -0.306 e. The van der Waals surface area contributed by atoms with E-state index in [0.29, 0.717) is 12.3 Å². The molecule has 2 aromatic heterocycles. The van der Waals surface area contributed by atoms with E-state index in [0.717, 1.165) is 35.6 Å². The van der Waals surface area contributed by atoms with Gasteiger partial charge in [-0.25, -0.2) is 13.4 Å². The Labute approximate surface area is 138 Å². The van der Waals surface area contributed by atoms with Crippen molar-refractivity contribution in [3.05, 3.63) is 11.6 Å². The van der Waals surface area contributed by atoms with Gasteiger partial charge in [0.2, 0.25) is 0 Å². The van der Waals surface area contributed by atoms with Crippen LogP contribution in [-0.4, -0.2) is 51.1 Å². The van der Waals surface area contributed by atoms with Gasteiger partial charge in [0.1, 0.15) is 15.7 Å². The lowest BCUT2D eigenvalue weighted by atomic mass is 10.2. The average molecular weight is 354 g/mol. The third kappa shape index (κ3) is 3.15. The molecule has 1 N–H and O–H groups in total. The molecule has 0 bridgehead atoms. The van der Waals surface area contributed by atoms with Crippen molar-refractivity contribution in [1.82, 2.24) is 29.4 Å². The fourth-order valence-corrected chi connectivity index (χ4v) is 4.19. The largest absolute Gasteiger partial charge is 0.306 e. The molecular formula is C13H18N6O2S2. The van der Waals surface area contributed by atoms with Crippen molar-refractivity contribution in [2.45, 2.75) is 37.8 Å². The first-order valence-electron chi connectivity index (χ1n) is 7.69. The van der Waals surface area contributed by atoms with Gasteiger partial charge in [-0.3, -0.25) is 0 Å². The second-order valence-electron chi connectivity index (χ2n) is 6.19. The van der Waals surface area contributed by atoms with Crippen LogP contribution in [0.4, 0.5) is 0 Å². The highest BCUT2D eigenvalue weighted by Gasteiger charge is 2.30. The zero-order valence-electron chi connectivity index (χ0n) is 12.8. The first-order valence-corrected chi connectivity index (χ1v) is 10.5. The Kier molecular flexibility index (Phi) is 3.69. The number of nitrogens with one attached hydrogen (secondary N) is 1. The van der Waals surface area contributed by atoms with Crippen molar-refractivity contribution < 1.29 is 8.42 Å². The van der Waals surface area contributed by atoms with Crippen LogP contribution in [0, 0.1) is 0 Å².